The van der Waals surface area contributed by atoms with Crippen molar-refractivity contribution in [1.82, 2.24) is 9.97 Å². The highest BCUT2D eigenvalue weighted by Crippen LogP contribution is 2.24. The first-order valence-corrected chi connectivity index (χ1v) is 8.13. The van der Waals surface area contributed by atoms with Crippen LogP contribution in [0.1, 0.15) is 24.8 Å². The van der Waals surface area contributed by atoms with E-state index in [9.17, 15) is 0 Å². The van der Waals surface area contributed by atoms with Crippen LogP contribution in [0.4, 0.5) is 17.5 Å². The molecule has 1 saturated heterocycles. The lowest BCUT2D eigenvalue weighted by molar-refractivity contribution is 0.573. The van der Waals surface area contributed by atoms with Crippen molar-refractivity contribution in [2.24, 2.45) is 0 Å². The number of anilines is 3. The Morgan fingerprint density at radius 3 is 2.71 bits per heavy atom. The largest absolute Gasteiger partial charge is 0.356 e. The van der Waals surface area contributed by atoms with Crippen LogP contribution in [0.15, 0.2) is 34.9 Å². The van der Waals surface area contributed by atoms with Crippen molar-refractivity contribution in [3.63, 3.8) is 0 Å². The summed E-state index contributed by atoms with van der Waals surface area (Å²) in [5, 5.41) is 3.31. The molecule has 21 heavy (non-hydrogen) atoms. The topological polar surface area (TPSA) is 41.1 Å². The monoisotopic (exact) mass is 346 g/mol. The molecule has 0 bridgehead atoms. The van der Waals surface area contributed by atoms with Gasteiger partial charge >= 0.3 is 0 Å². The standard InChI is InChI=1S/C16H19BrN4/c1-12-11-13(17)5-6-14(12)19-16-18-8-7-15(20-16)21-9-3-2-4-10-21/h5-8,11H,2-4,9-10H2,1H3,(H,18,19,20). The lowest BCUT2D eigenvalue weighted by atomic mass is 10.1. The fourth-order valence-electron chi connectivity index (χ4n) is 2.60. The van der Waals surface area contributed by atoms with Crippen molar-refractivity contribution in [2.45, 2.75) is 26.2 Å². The summed E-state index contributed by atoms with van der Waals surface area (Å²) in [6.45, 7) is 4.25. The van der Waals surface area contributed by atoms with Crippen LogP contribution in [0.5, 0.6) is 0 Å². The van der Waals surface area contributed by atoms with Gasteiger partial charge in [0.05, 0.1) is 0 Å². The quantitative estimate of drug-likeness (QED) is 0.900. The van der Waals surface area contributed by atoms with Gasteiger partial charge in [0.2, 0.25) is 5.95 Å². The maximum Gasteiger partial charge on any atom is 0.229 e. The van der Waals surface area contributed by atoms with E-state index >= 15 is 0 Å². The van der Waals surface area contributed by atoms with Gasteiger partial charge in [-0.3, -0.25) is 0 Å². The minimum Gasteiger partial charge on any atom is -0.356 e. The van der Waals surface area contributed by atoms with E-state index in [0.29, 0.717) is 5.95 Å². The maximum absolute atomic E-state index is 4.65. The summed E-state index contributed by atoms with van der Waals surface area (Å²) in [6, 6.07) is 8.13. The predicted molar refractivity (Wildman–Crippen MR) is 90.3 cm³/mol. The van der Waals surface area contributed by atoms with Crippen LogP contribution in [0.3, 0.4) is 0 Å². The van der Waals surface area contributed by atoms with Crippen molar-refractivity contribution < 1.29 is 0 Å². The summed E-state index contributed by atoms with van der Waals surface area (Å²) in [7, 11) is 0. The van der Waals surface area contributed by atoms with Gasteiger partial charge in [0, 0.05) is 29.4 Å². The smallest absolute Gasteiger partial charge is 0.229 e. The average Bonchev–Trinajstić information content (AvgIpc) is 2.51. The molecule has 4 nitrogen and oxygen atoms in total. The summed E-state index contributed by atoms with van der Waals surface area (Å²) >= 11 is 3.48. The molecule has 1 aromatic carbocycles. The number of halogens is 1. The van der Waals surface area contributed by atoms with Gasteiger partial charge in [0.1, 0.15) is 5.82 Å². The molecule has 3 rings (SSSR count). The molecule has 2 aromatic rings. The van der Waals surface area contributed by atoms with Crippen molar-refractivity contribution in [3.05, 3.63) is 40.5 Å². The van der Waals surface area contributed by atoms with Crippen LogP contribution in [0.2, 0.25) is 0 Å². The first-order chi connectivity index (χ1) is 10.2. The normalized spacial score (nSPS) is 15.0. The zero-order valence-corrected chi connectivity index (χ0v) is 13.7. The van der Waals surface area contributed by atoms with Gasteiger partial charge in [-0.15, -0.1) is 0 Å². The first kappa shape index (κ1) is 14.3. The zero-order valence-electron chi connectivity index (χ0n) is 12.1. The molecule has 0 unspecified atom stereocenters. The van der Waals surface area contributed by atoms with Gasteiger partial charge in [0.25, 0.3) is 0 Å². The Hall–Kier alpha value is -1.62. The minimum atomic E-state index is 0.656. The second-order valence-corrected chi connectivity index (χ2v) is 6.29. The molecule has 0 spiro atoms. The maximum atomic E-state index is 4.65. The van der Waals surface area contributed by atoms with Crippen LogP contribution in [0.25, 0.3) is 0 Å². The van der Waals surface area contributed by atoms with E-state index < -0.39 is 0 Å². The highest BCUT2D eigenvalue weighted by molar-refractivity contribution is 9.10. The second-order valence-electron chi connectivity index (χ2n) is 5.37. The molecule has 1 aliphatic heterocycles. The van der Waals surface area contributed by atoms with Crippen LogP contribution in [-0.4, -0.2) is 23.1 Å². The van der Waals surface area contributed by atoms with E-state index in [-0.39, 0.29) is 0 Å². The molecule has 5 heteroatoms. The highest BCUT2D eigenvalue weighted by atomic mass is 79.9. The molecule has 1 fully saturated rings. The molecule has 2 heterocycles. The number of aryl methyl sites for hydroxylation is 1. The summed E-state index contributed by atoms with van der Waals surface area (Å²) in [4.78, 5) is 11.3. The van der Waals surface area contributed by atoms with Crippen molar-refractivity contribution in [1.29, 1.82) is 0 Å². The third-order valence-electron chi connectivity index (χ3n) is 3.76. The third kappa shape index (κ3) is 3.53. The Morgan fingerprint density at radius 1 is 1.14 bits per heavy atom. The molecule has 0 aliphatic carbocycles. The molecule has 0 radical (unpaired) electrons. The van der Waals surface area contributed by atoms with Crippen molar-refractivity contribution >= 4 is 33.4 Å². The van der Waals surface area contributed by atoms with Gasteiger partial charge in [-0.2, -0.15) is 4.98 Å². The number of benzene rings is 1. The van der Waals surface area contributed by atoms with E-state index in [1.165, 1.54) is 19.3 Å². The number of aromatic nitrogens is 2. The SMILES string of the molecule is Cc1cc(Br)ccc1Nc1nccc(N2CCCCC2)n1. The Labute approximate surface area is 133 Å². The Morgan fingerprint density at radius 2 is 1.95 bits per heavy atom. The van der Waals surface area contributed by atoms with E-state index in [2.05, 4.69) is 49.1 Å². The number of rotatable bonds is 3. The summed E-state index contributed by atoms with van der Waals surface area (Å²) in [5.74, 6) is 1.67. The number of hydrogen-bond donors (Lipinski definition) is 1. The molecule has 0 amide bonds. The molecule has 1 aromatic heterocycles. The molecular weight excluding hydrogens is 328 g/mol. The lowest BCUT2D eigenvalue weighted by Gasteiger charge is -2.27. The average molecular weight is 347 g/mol. The van der Waals surface area contributed by atoms with Gasteiger partial charge in [-0.1, -0.05) is 15.9 Å². The lowest BCUT2D eigenvalue weighted by Crippen LogP contribution is -2.30. The molecule has 110 valence electrons. The number of nitrogens with one attached hydrogen (secondary N) is 1. The Bertz CT molecular complexity index is 623. The summed E-state index contributed by atoms with van der Waals surface area (Å²) in [6.07, 6.45) is 5.65. The highest BCUT2D eigenvalue weighted by Gasteiger charge is 2.13. The van der Waals surface area contributed by atoms with Crippen molar-refractivity contribution in [2.75, 3.05) is 23.3 Å². The summed E-state index contributed by atoms with van der Waals surface area (Å²) in [5.41, 5.74) is 2.20. The van der Waals surface area contributed by atoms with Gasteiger partial charge in [-0.05, 0) is 56.0 Å². The van der Waals surface area contributed by atoms with Crippen LogP contribution >= 0.6 is 15.9 Å². The van der Waals surface area contributed by atoms with E-state index in [1.54, 1.807) is 0 Å². The molecule has 0 atom stereocenters. The molecule has 1 N–H and O–H groups in total. The molecular formula is C16H19BrN4. The number of piperidine rings is 1. The zero-order chi connectivity index (χ0) is 14.7. The predicted octanol–water partition coefficient (Wildman–Crippen LogP) is 4.28. The molecule has 0 saturated carbocycles. The van der Waals surface area contributed by atoms with E-state index in [0.717, 1.165) is 34.6 Å². The van der Waals surface area contributed by atoms with E-state index in [1.807, 2.05) is 24.4 Å². The van der Waals surface area contributed by atoms with Gasteiger partial charge in [-0.25, -0.2) is 4.98 Å². The first-order valence-electron chi connectivity index (χ1n) is 7.33. The third-order valence-corrected chi connectivity index (χ3v) is 4.25. The second kappa shape index (κ2) is 6.43. The van der Waals surface area contributed by atoms with Crippen LogP contribution in [0, 0.1) is 6.92 Å². The molecule has 1 aliphatic rings. The van der Waals surface area contributed by atoms with Gasteiger partial charge < -0.3 is 10.2 Å². The van der Waals surface area contributed by atoms with Gasteiger partial charge in [0.15, 0.2) is 0 Å². The Balaban J connectivity index is 1.79. The van der Waals surface area contributed by atoms with E-state index in [4.69, 9.17) is 0 Å². The van der Waals surface area contributed by atoms with Crippen LogP contribution in [-0.2, 0) is 0 Å². The van der Waals surface area contributed by atoms with Crippen LogP contribution < -0.4 is 10.2 Å². The fraction of sp³-hybridized carbons (Fsp3) is 0.375. The fourth-order valence-corrected chi connectivity index (χ4v) is 3.07. The number of nitrogens with zero attached hydrogens (tertiary/aromatic N) is 3. The van der Waals surface area contributed by atoms with Crippen molar-refractivity contribution in [3.8, 4) is 0 Å². The minimum absolute atomic E-state index is 0.656. The Kier molecular flexibility index (Phi) is 4.39. The number of hydrogen-bond acceptors (Lipinski definition) is 4. The summed E-state index contributed by atoms with van der Waals surface area (Å²) < 4.78 is 1.08.